The van der Waals surface area contributed by atoms with Crippen LogP contribution in [0, 0.1) is 11.8 Å². The van der Waals surface area contributed by atoms with Crippen LogP contribution in [0.5, 0.6) is 0 Å². The second-order valence-corrected chi connectivity index (χ2v) is 4.41. The molecule has 0 aliphatic heterocycles. The highest BCUT2D eigenvalue weighted by Crippen LogP contribution is 2.32. The largest absolute Gasteiger partial charge is 0.391 e. The predicted molar refractivity (Wildman–Crippen MR) is 58.1 cm³/mol. The van der Waals surface area contributed by atoms with Gasteiger partial charge in [-0.15, -0.1) is 0 Å². The Morgan fingerprint density at radius 1 is 1.57 bits per heavy atom. The van der Waals surface area contributed by atoms with Crippen molar-refractivity contribution in [2.45, 2.75) is 32.8 Å². The van der Waals surface area contributed by atoms with Gasteiger partial charge in [-0.25, -0.2) is 0 Å². The van der Waals surface area contributed by atoms with Crippen LogP contribution in [0.1, 0.15) is 26.7 Å². The van der Waals surface area contributed by atoms with Gasteiger partial charge < -0.3 is 16.2 Å². The quantitative estimate of drug-likeness (QED) is 0.441. The van der Waals surface area contributed by atoms with Gasteiger partial charge in [0.05, 0.1) is 6.10 Å². The van der Waals surface area contributed by atoms with Crippen molar-refractivity contribution in [3.05, 3.63) is 0 Å². The Morgan fingerprint density at radius 3 is 2.71 bits per heavy atom. The molecule has 1 saturated carbocycles. The standard InChI is InChI=1S/C10H21N3O/c1-7(2)5-12-10(11)13-6-9(14)8-3-4-8/h7-9,14H,3-6H2,1-2H3,(H3,11,12,13). The van der Waals surface area contributed by atoms with E-state index in [4.69, 9.17) is 5.73 Å². The molecule has 4 N–H and O–H groups in total. The lowest BCUT2D eigenvalue weighted by molar-refractivity contribution is 0.154. The van der Waals surface area contributed by atoms with Crippen molar-refractivity contribution >= 4 is 5.96 Å². The summed E-state index contributed by atoms with van der Waals surface area (Å²) in [6.07, 6.45) is 2.03. The lowest BCUT2D eigenvalue weighted by atomic mass is 10.2. The molecule has 1 aliphatic rings. The Hall–Kier alpha value is -0.770. The third kappa shape index (κ3) is 4.46. The average molecular weight is 199 g/mol. The van der Waals surface area contributed by atoms with Gasteiger partial charge in [0, 0.05) is 13.1 Å². The normalized spacial score (nSPS) is 19.9. The molecule has 0 amide bonds. The Morgan fingerprint density at radius 2 is 2.21 bits per heavy atom. The van der Waals surface area contributed by atoms with Crippen LogP contribution >= 0.6 is 0 Å². The van der Waals surface area contributed by atoms with Gasteiger partial charge in [-0.05, 0) is 24.7 Å². The van der Waals surface area contributed by atoms with E-state index in [1.54, 1.807) is 0 Å². The number of aliphatic hydroxyl groups is 1. The molecule has 0 aromatic heterocycles. The summed E-state index contributed by atoms with van der Waals surface area (Å²) in [7, 11) is 0. The van der Waals surface area contributed by atoms with E-state index in [9.17, 15) is 5.11 Å². The van der Waals surface area contributed by atoms with Crippen molar-refractivity contribution < 1.29 is 5.11 Å². The summed E-state index contributed by atoms with van der Waals surface area (Å²) in [5.74, 6) is 1.45. The van der Waals surface area contributed by atoms with Crippen LogP contribution in [-0.4, -0.2) is 30.3 Å². The van der Waals surface area contributed by atoms with Gasteiger partial charge in [-0.3, -0.25) is 4.99 Å². The highest BCUT2D eigenvalue weighted by atomic mass is 16.3. The molecule has 14 heavy (non-hydrogen) atoms. The van der Waals surface area contributed by atoms with Crippen LogP contribution in [0.4, 0.5) is 0 Å². The number of guanidine groups is 1. The van der Waals surface area contributed by atoms with Gasteiger partial charge in [0.25, 0.3) is 0 Å². The fourth-order valence-corrected chi connectivity index (χ4v) is 1.19. The maximum absolute atomic E-state index is 9.54. The monoisotopic (exact) mass is 199 g/mol. The zero-order valence-corrected chi connectivity index (χ0v) is 9.03. The van der Waals surface area contributed by atoms with Crippen LogP contribution in [-0.2, 0) is 0 Å². The van der Waals surface area contributed by atoms with Crippen molar-refractivity contribution in [1.29, 1.82) is 0 Å². The number of nitrogens with two attached hydrogens (primary N) is 1. The van der Waals surface area contributed by atoms with Crippen molar-refractivity contribution in [2.24, 2.45) is 22.6 Å². The molecule has 0 saturated heterocycles. The number of aliphatic hydroxyl groups excluding tert-OH is 1. The van der Waals surface area contributed by atoms with Crippen LogP contribution in [0.2, 0.25) is 0 Å². The maximum atomic E-state index is 9.54. The minimum atomic E-state index is -0.261. The van der Waals surface area contributed by atoms with Gasteiger partial charge >= 0.3 is 0 Å². The molecule has 0 spiro atoms. The van der Waals surface area contributed by atoms with E-state index < -0.39 is 0 Å². The lowest BCUT2D eigenvalue weighted by Crippen LogP contribution is -2.38. The minimum absolute atomic E-state index is 0.261. The van der Waals surface area contributed by atoms with Gasteiger partial charge in [0.15, 0.2) is 5.96 Å². The van der Waals surface area contributed by atoms with E-state index >= 15 is 0 Å². The molecular formula is C10H21N3O. The second-order valence-electron chi connectivity index (χ2n) is 4.41. The van der Waals surface area contributed by atoms with Crippen molar-refractivity contribution in [1.82, 2.24) is 5.32 Å². The van der Waals surface area contributed by atoms with Crippen LogP contribution < -0.4 is 11.1 Å². The summed E-state index contributed by atoms with van der Waals surface area (Å²) in [4.78, 5) is 4.15. The Labute approximate surface area is 85.6 Å². The SMILES string of the molecule is CC(C)CN=C(N)NCC(O)C1CC1. The first-order valence-electron chi connectivity index (χ1n) is 5.31. The fourth-order valence-electron chi connectivity index (χ4n) is 1.19. The van der Waals surface area contributed by atoms with E-state index in [1.807, 2.05) is 0 Å². The third-order valence-corrected chi connectivity index (χ3v) is 2.29. The average Bonchev–Trinajstić information content (AvgIpc) is 2.93. The Kier molecular flexibility index (Phi) is 4.20. The lowest BCUT2D eigenvalue weighted by Gasteiger charge is -2.11. The Balaban J connectivity index is 2.12. The number of nitrogens with zero attached hydrogens (tertiary/aromatic N) is 1. The highest BCUT2D eigenvalue weighted by molar-refractivity contribution is 5.77. The maximum Gasteiger partial charge on any atom is 0.188 e. The third-order valence-electron chi connectivity index (χ3n) is 2.29. The minimum Gasteiger partial charge on any atom is -0.391 e. The smallest absolute Gasteiger partial charge is 0.188 e. The molecule has 0 radical (unpaired) electrons. The number of rotatable bonds is 5. The van der Waals surface area contributed by atoms with Gasteiger partial charge in [0.2, 0.25) is 0 Å². The van der Waals surface area contributed by atoms with Crippen LogP contribution in [0.3, 0.4) is 0 Å². The van der Waals surface area contributed by atoms with Gasteiger partial charge in [-0.1, -0.05) is 13.8 Å². The summed E-state index contributed by atoms with van der Waals surface area (Å²) >= 11 is 0. The fraction of sp³-hybridized carbons (Fsp3) is 0.900. The molecule has 0 aromatic rings. The molecule has 4 heteroatoms. The second kappa shape index (κ2) is 5.20. The molecular weight excluding hydrogens is 178 g/mol. The molecule has 4 nitrogen and oxygen atoms in total. The predicted octanol–water partition coefficient (Wildman–Crippen LogP) is 0.318. The summed E-state index contributed by atoms with van der Waals surface area (Å²) < 4.78 is 0. The molecule has 1 aliphatic carbocycles. The van der Waals surface area contributed by atoms with Crippen molar-refractivity contribution in [3.8, 4) is 0 Å². The molecule has 0 bridgehead atoms. The summed E-state index contributed by atoms with van der Waals surface area (Å²) in [6, 6.07) is 0. The molecule has 1 rings (SSSR count). The molecule has 82 valence electrons. The highest BCUT2D eigenvalue weighted by Gasteiger charge is 2.29. The molecule has 1 unspecified atom stereocenters. The van der Waals surface area contributed by atoms with E-state index in [-0.39, 0.29) is 6.10 Å². The van der Waals surface area contributed by atoms with Gasteiger partial charge in [0.1, 0.15) is 0 Å². The number of aliphatic imine (C=N–C) groups is 1. The molecule has 0 aromatic carbocycles. The zero-order valence-electron chi connectivity index (χ0n) is 9.03. The van der Waals surface area contributed by atoms with E-state index in [2.05, 4.69) is 24.2 Å². The first-order chi connectivity index (χ1) is 6.59. The summed E-state index contributed by atoms with van der Waals surface area (Å²) in [5.41, 5.74) is 5.62. The van der Waals surface area contributed by atoms with Crippen LogP contribution in [0.15, 0.2) is 4.99 Å². The zero-order chi connectivity index (χ0) is 10.6. The number of hydrogen-bond acceptors (Lipinski definition) is 2. The van der Waals surface area contributed by atoms with E-state index in [0.29, 0.717) is 24.3 Å². The van der Waals surface area contributed by atoms with Crippen molar-refractivity contribution in [3.63, 3.8) is 0 Å². The topological polar surface area (TPSA) is 70.6 Å². The van der Waals surface area contributed by atoms with Crippen LogP contribution in [0.25, 0.3) is 0 Å². The Bertz CT molecular complexity index is 200. The number of nitrogens with one attached hydrogen (secondary N) is 1. The molecule has 1 fully saturated rings. The molecule has 0 heterocycles. The summed E-state index contributed by atoms with van der Waals surface area (Å²) in [6.45, 7) is 5.45. The van der Waals surface area contributed by atoms with Crippen molar-refractivity contribution in [2.75, 3.05) is 13.1 Å². The first kappa shape index (κ1) is 11.3. The van der Waals surface area contributed by atoms with Gasteiger partial charge in [-0.2, -0.15) is 0 Å². The molecule has 1 atom stereocenters. The van der Waals surface area contributed by atoms with E-state index in [0.717, 1.165) is 19.4 Å². The summed E-state index contributed by atoms with van der Waals surface area (Å²) in [5, 5.41) is 12.5. The van der Waals surface area contributed by atoms with E-state index in [1.165, 1.54) is 0 Å². The first-order valence-corrected chi connectivity index (χ1v) is 5.31. The number of hydrogen-bond donors (Lipinski definition) is 3.